The van der Waals surface area contributed by atoms with E-state index in [1.165, 1.54) is 16.7 Å². The summed E-state index contributed by atoms with van der Waals surface area (Å²) in [7, 11) is 0. The van der Waals surface area contributed by atoms with Crippen molar-refractivity contribution in [1.82, 2.24) is 0 Å². The third-order valence-corrected chi connectivity index (χ3v) is 3.07. The molecule has 1 atom stereocenters. The van der Waals surface area contributed by atoms with E-state index in [1.54, 1.807) is 0 Å². The molecule has 0 saturated carbocycles. The monoisotopic (exact) mass is 255 g/mol. The zero-order chi connectivity index (χ0) is 13.8. The Labute approximate surface area is 115 Å². The largest absolute Gasteiger partial charge is 0.489 e. The minimum Gasteiger partial charge on any atom is -0.489 e. The van der Waals surface area contributed by atoms with E-state index in [-0.39, 0.29) is 6.04 Å². The molecule has 0 radical (unpaired) electrons. The van der Waals surface area contributed by atoms with Crippen LogP contribution in [0.1, 0.15) is 35.2 Å². The number of benzene rings is 2. The highest BCUT2D eigenvalue weighted by Gasteiger charge is 2.02. The maximum absolute atomic E-state index is 5.87. The van der Waals surface area contributed by atoms with Crippen molar-refractivity contribution >= 4 is 0 Å². The van der Waals surface area contributed by atoms with E-state index >= 15 is 0 Å². The molecule has 0 aromatic heterocycles. The lowest BCUT2D eigenvalue weighted by Gasteiger charge is -2.11. The number of nitrogens with two attached hydrogens (primary N) is 1. The van der Waals surface area contributed by atoms with Crippen LogP contribution in [0.2, 0.25) is 0 Å². The first kappa shape index (κ1) is 13.6. The highest BCUT2D eigenvalue weighted by atomic mass is 16.5. The minimum absolute atomic E-state index is 0.0322. The van der Waals surface area contributed by atoms with Gasteiger partial charge in [-0.25, -0.2) is 0 Å². The van der Waals surface area contributed by atoms with Crippen LogP contribution >= 0.6 is 0 Å². The number of hydrogen-bond acceptors (Lipinski definition) is 2. The zero-order valence-electron chi connectivity index (χ0n) is 11.8. The van der Waals surface area contributed by atoms with Gasteiger partial charge >= 0.3 is 0 Å². The molecule has 0 saturated heterocycles. The fraction of sp³-hybridized carbons (Fsp3) is 0.294. The van der Waals surface area contributed by atoms with Gasteiger partial charge in [0.05, 0.1) is 0 Å². The highest BCUT2D eigenvalue weighted by molar-refractivity contribution is 5.32. The molecule has 2 heteroatoms. The van der Waals surface area contributed by atoms with Crippen LogP contribution < -0.4 is 10.5 Å². The van der Waals surface area contributed by atoms with Crippen LogP contribution in [0, 0.1) is 13.8 Å². The van der Waals surface area contributed by atoms with Crippen LogP contribution in [-0.4, -0.2) is 0 Å². The van der Waals surface area contributed by atoms with Gasteiger partial charge in [0, 0.05) is 6.04 Å². The second kappa shape index (κ2) is 5.89. The molecular formula is C17H21NO. The molecule has 100 valence electrons. The highest BCUT2D eigenvalue weighted by Crippen LogP contribution is 2.19. The molecule has 2 N–H and O–H groups in total. The van der Waals surface area contributed by atoms with Crippen LogP contribution in [-0.2, 0) is 6.61 Å². The molecule has 2 aromatic rings. The van der Waals surface area contributed by atoms with E-state index in [0.29, 0.717) is 6.61 Å². The molecule has 0 fully saturated rings. The smallest absolute Gasteiger partial charge is 0.120 e. The molecule has 19 heavy (non-hydrogen) atoms. The van der Waals surface area contributed by atoms with Gasteiger partial charge in [-0.05, 0) is 44.0 Å². The van der Waals surface area contributed by atoms with E-state index in [0.717, 1.165) is 11.3 Å². The van der Waals surface area contributed by atoms with Crippen molar-refractivity contribution in [3.05, 3.63) is 64.7 Å². The normalized spacial score (nSPS) is 12.2. The van der Waals surface area contributed by atoms with Gasteiger partial charge in [0.15, 0.2) is 0 Å². The average molecular weight is 255 g/mol. The Kier molecular flexibility index (Phi) is 4.23. The van der Waals surface area contributed by atoms with Crippen LogP contribution in [0.3, 0.4) is 0 Å². The summed E-state index contributed by atoms with van der Waals surface area (Å²) in [4.78, 5) is 0. The Morgan fingerprint density at radius 3 is 2.37 bits per heavy atom. The Hall–Kier alpha value is -1.80. The maximum atomic E-state index is 5.87. The SMILES string of the molecule is Cc1cc(C)cc(COc2cccc([C@H](C)N)c2)c1. The third-order valence-electron chi connectivity index (χ3n) is 3.07. The van der Waals surface area contributed by atoms with Crippen LogP contribution in [0.15, 0.2) is 42.5 Å². The predicted molar refractivity (Wildman–Crippen MR) is 79.3 cm³/mol. The average Bonchev–Trinajstić information content (AvgIpc) is 2.35. The Balaban J connectivity index is 2.07. The Morgan fingerprint density at radius 1 is 1.05 bits per heavy atom. The third kappa shape index (κ3) is 3.83. The summed E-state index contributed by atoms with van der Waals surface area (Å²) in [5.41, 5.74) is 10.7. The van der Waals surface area contributed by atoms with Gasteiger partial charge in [0.2, 0.25) is 0 Å². The molecule has 2 nitrogen and oxygen atoms in total. The molecule has 2 aromatic carbocycles. The maximum Gasteiger partial charge on any atom is 0.120 e. The molecule has 2 rings (SSSR count). The van der Waals surface area contributed by atoms with Gasteiger partial charge < -0.3 is 10.5 Å². The molecule has 0 aliphatic heterocycles. The first-order valence-electron chi connectivity index (χ1n) is 6.60. The summed E-state index contributed by atoms with van der Waals surface area (Å²) in [6, 6.07) is 14.5. The van der Waals surface area contributed by atoms with E-state index < -0.39 is 0 Å². The van der Waals surface area contributed by atoms with Gasteiger partial charge in [0.25, 0.3) is 0 Å². The van der Waals surface area contributed by atoms with Gasteiger partial charge in [-0.2, -0.15) is 0 Å². The van der Waals surface area contributed by atoms with Crippen molar-refractivity contribution in [2.24, 2.45) is 5.73 Å². The van der Waals surface area contributed by atoms with Gasteiger partial charge in [-0.15, -0.1) is 0 Å². The molecule has 0 unspecified atom stereocenters. The van der Waals surface area contributed by atoms with E-state index in [4.69, 9.17) is 10.5 Å². The van der Waals surface area contributed by atoms with E-state index in [1.807, 2.05) is 31.2 Å². The van der Waals surface area contributed by atoms with Gasteiger partial charge in [0.1, 0.15) is 12.4 Å². The van der Waals surface area contributed by atoms with Gasteiger partial charge in [-0.1, -0.05) is 41.5 Å². The van der Waals surface area contributed by atoms with Gasteiger partial charge in [-0.3, -0.25) is 0 Å². The Morgan fingerprint density at radius 2 is 1.74 bits per heavy atom. The fourth-order valence-corrected chi connectivity index (χ4v) is 2.21. The quantitative estimate of drug-likeness (QED) is 0.899. The van der Waals surface area contributed by atoms with Crippen molar-refractivity contribution in [2.45, 2.75) is 33.4 Å². The van der Waals surface area contributed by atoms with Crippen LogP contribution in [0.5, 0.6) is 5.75 Å². The van der Waals surface area contributed by atoms with Crippen molar-refractivity contribution in [3.63, 3.8) is 0 Å². The first-order chi connectivity index (χ1) is 9.04. The zero-order valence-corrected chi connectivity index (χ0v) is 11.8. The summed E-state index contributed by atoms with van der Waals surface area (Å²) in [6.07, 6.45) is 0. The second-order valence-electron chi connectivity index (χ2n) is 5.15. The van der Waals surface area contributed by atoms with Crippen molar-refractivity contribution in [3.8, 4) is 5.75 Å². The van der Waals surface area contributed by atoms with Crippen molar-refractivity contribution in [2.75, 3.05) is 0 Å². The molecule has 0 aliphatic carbocycles. The molecule has 0 bridgehead atoms. The molecule has 0 heterocycles. The molecule has 0 spiro atoms. The lowest BCUT2D eigenvalue weighted by molar-refractivity contribution is 0.305. The standard InChI is InChI=1S/C17H21NO/c1-12-7-13(2)9-15(8-12)11-19-17-6-4-5-16(10-17)14(3)18/h4-10,14H,11,18H2,1-3H3/t14-/m0/s1. The topological polar surface area (TPSA) is 35.2 Å². The van der Waals surface area contributed by atoms with Crippen molar-refractivity contribution < 1.29 is 4.74 Å². The summed E-state index contributed by atoms with van der Waals surface area (Å²) < 4.78 is 5.84. The first-order valence-corrected chi connectivity index (χ1v) is 6.60. The summed E-state index contributed by atoms with van der Waals surface area (Å²) in [5, 5.41) is 0. The minimum atomic E-state index is 0.0322. The molecular weight excluding hydrogens is 234 g/mol. The lowest BCUT2D eigenvalue weighted by Crippen LogP contribution is -2.05. The predicted octanol–water partition coefficient (Wildman–Crippen LogP) is 3.90. The number of hydrogen-bond donors (Lipinski definition) is 1. The van der Waals surface area contributed by atoms with E-state index in [9.17, 15) is 0 Å². The number of ether oxygens (including phenoxy) is 1. The molecule has 0 aliphatic rings. The number of rotatable bonds is 4. The summed E-state index contributed by atoms with van der Waals surface area (Å²) in [6.45, 7) is 6.77. The fourth-order valence-electron chi connectivity index (χ4n) is 2.21. The van der Waals surface area contributed by atoms with Crippen molar-refractivity contribution in [1.29, 1.82) is 0 Å². The summed E-state index contributed by atoms with van der Waals surface area (Å²) >= 11 is 0. The summed E-state index contributed by atoms with van der Waals surface area (Å²) in [5.74, 6) is 0.869. The second-order valence-corrected chi connectivity index (χ2v) is 5.15. The molecule has 0 amide bonds. The van der Waals surface area contributed by atoms with E-state index in [2.05, 4.69) is 32.0 Å². The lowest BCUT2D eigenvalue weighted by atomic mass is 10.1. The Bertz CT molecular complexity index is 541. The van der Waals surface area contributed by atoms with Crippen LogP contribution in [0.25, 0.3) is 0 Å². The van der Waals surface area contributed by atoms with Crippen LogP contribution in [0.4, 0.5) is 0 Å². The number of aryl methyl sites for hydroxylation is 2.